The fourth-order valence-electron chi connectivity index (χ4n) is 2.38. The minimum Gasteiger partial charge on any atom is -0.478 e. The van der Waals surface area contributed by atoms with Crippen molar-refractivity contribution in [3.8, 4) is 5.75 Å². The molecule has 1 heterocycles. The monoisotopic (exact) mass is 371 g/mol. The van der Waals surface area contributed by atoms with Crippen molar-refractivity contribution in [1.29, 1.82) is 0 Å². The second-order valence-electron chi connectivity index (χ2n) is 5.43. The first-order valence-corrected chi connectivity index (χ1v) is 8.76. The summed E-state index contributed by atoms with van der Waals surface area (Å²) < 4.78 is 10.7. The smallest absolute Gasteiger partial charge is 0.335 e. The molecule has 8 heteroatoms. The van der Waals surface area contributed by atoms with Crippen LogP contribution in [0.5, 0.6) is 5.75 Å². The Balaban J connectivity index is 1.72. The normalized spacial score (nSPS) is 14.1. The van der Waals surface area contributed by atoms with Crippen molar-refractivity contribution < 1.29 is 19.4 Å². The fourth-order valence-corrected chi connectivity index (χ4v) is 2.99. The molecule has 26 heavy (non-hydrogen) atoms. The highest BCUT2D eigenvalue weighted by Crippen LogP contribution is 2.29. The van der Waals surface area contributed by atoms with E-state index in [1.165, 1.54) is 30.1 Å². The highest BCUT2D eigenvalue weighted by Gasteiger charge is 2.18. The van der Waals surface area contributed by atoms with E-state index in [4.69, 9.17) is 15.2 Å². The third-order valence-corrected chi connectivity index (χ3v) is 4.42. The summed E-state index contributed by atoms with van der Waals surface area (Å²) >= 11 is 1.37. The molecule has 0 radical (unpaired) electrons. The number of hydrogen-bond acceptors (Lipinski definition) is 6. The fraction of sp³-hybridized carbons (Fsp3) is 0.167. The van der Waals surface area contributed by atoms with Gasteiger partial charge in [-0.15, -0.1) is 5.10 Å². The van der Waals surface area contributed by atoms with Gasteiger partial charge in [-0.05, 0) is 17.7 Å². The van der Waals surface area contributed by atoms with Gasteiger partial charge in [-0.3, -0.25) is 0 Å². The maximum Gasteiger partial charge on any atom is 0.335 e. The van der Waals surface area contributed by atoms with Crippen molar-refractivity contribution in [3.05, 3.63) is 64.7 Å². The standard InChI is InChI=1S/C18H17N3O4S/c19-18(26-10-12-4-2-1-3-5-12)21-20-8-14-6-13(17(22)23)7-15-9-24-11-25-16(14)15/h1-8H,9-11H2,(H2,19,21)(H,22,23). The first-order chi connectivity index (χ1) is 12.6. The third-order valence-electron chi connectivity index (χ3n) is 3.57. The Morgan fingerprint density at radius 3 is 2.88 bits per heavy atom. The second kappa shape index (κ2) is 8.50. The number of amidine groups is 1. The van der Waals surface area contributed by atoms with Gasteiger partial charge in [0.15, 0.2) is 12.0 Å². The molecule has 1 aliphatic heterocycles. The van der Waals surface area contributed by atoms with Crippen molar-refractivity contribution in [2.24, 2.45) is 15.9 Å². The number of thioether (sulfide) groups is 1. The number of benzene rings is 2. The molecule has 0 atom stereocenters. The molecule has 7 nitrogen and oxygen atoms in total. The Kier molecular flexibility index (Phi) is 5.88. The maximum absolute atomic E-state index is 11.3. The molecule has 0 amide bonds. The Morgan fingerprint density at radius 2 is 2.12 bits per heavy atom. The summed E-state index contributed by atoms with van der Waals surface area (Å²) in [5.41, 5.74) is 8.31. The number of fused-ring (bicyclic) bond motifs is 1. The minimum atomic E-state index is -1.03. The van der Waals surface area contributed by atoms with Crippen LogP contribution < -0.4 is 10.5 Å². The number of carboxylic acids is 1. The molecule has 134 valence electrons. The third kappa shape index (κ3) is 4.62. The highest BCUT2D eigenvalue weighted by molar-refractivity contribution is 8.13. The van der Waals surface area contributed by atoms with E-state index >= 15 is 0 Å². The molecular formula is C18H17N3O4S. The lowest BCUT2D eigenvalue weighted by molar-refractivity contribution is -0.0165. The largest absolute Gasteiger partial charge is 0.478 e. The summed E-state index contributed by atoms with van der Waals surface area (Å²) in [5.74, 6) is 0.209. The Morgan fingerprint density at radius 1 is 1.31 bits per heavy atom. The van der Waals surface area contributed by atoms with Gasteiger partial charge in [0.2, 0.25) is 0 Å². The summed E-state index contributed by atoms with van der Waals surface area (Å²) in [6.45, 7) is 0.397. The van der Waals surface area contributed by atoms with Gasteiger partial charge in [-0.25, -0.2) is 4.79 Å². The van der Waals surface area contributed by atoms with E-state index in [9.17, 15) is 9.90 Å². The lowest BCUT2D eigenvalue weighted by atomic mass is 10.0. The number of nitrogens with zero attached hydrogens (tertiary/aromatic N) is 2. The molecule has 0 saturated heterocycles. The molecule has 0 unspecified atom stereocenters. The molecule has 3 rings (SSSR count). The van der Waals surface area contributed by atoms with Gasteiger partial charge in [0.25, 0.3) is 0 Å². The van der Waals surface area contributed by atoms with Crippen LogP contribution in [0.15, 0.2) is 52.7 Å². The number of aromatic carboxylic acids is 1. The van der Waals surface area contributed by atoms with Gasteiger partial charge in [-0.2, -0.15) is 5.10 Å². The van der Waals surface area contributed by atoms with E-state index in [1.54, 1.807) is 0 Å². The number of rotatable bonds is 5. The van der Waals surface area contributed by atoms with E-state index in [-0.39, 0.29) is 19.0 Å². The van der Waals surface area contributed by atoms with Crippen LogP contribution >= 0.6 is 11.8 Å². The summed E-state index contributed by atoms with van der Waals surface area (Å²) in [5, 5.41) is 17.5. The summed E-state index contributed by atoms with van der Waals surface area (Å²) in [6.07, 6.45) is 1.44. The number of nitrogens with two attached hydrogens (primary N) is 1. The maximum atomic E-state index is 11.3. The zero-order valence-electron chi connectivity index (χ0n) is 13.8. The SMILES string of the molecule is NC(=NN=Cc1cc(C(=O)O)cc2c1OCOC2)SCc1ccccc1. The number of carbonyl (C=O) groups is 1. The quantitative estimate of drug-likeness (QED) is 0.475. The minimum absolute atomic E-state index is 0.110. The Labute approximate surface area is 154 Å². The number of ether oxygens (including phenoxy) is 2. The molecule has 0 spiro atoms. The van der Waals surface area contributed by atoms with Gasteiger partial charge >= 0.3 is 5.97 Å². The van der Waals surface area contributed by atoms with Crippen LogP contribution in [-0.2, 0) is 17.1 Å². The molecule has 2 aromatic rings. The summed E-state index contributed by atoms with van der Waals surface area (Å²) in [7, 11) is 0. The van der Waals surface area contributed by atoms with Gasteiger partial charge in [-0.1, -0.05) is 42.1 Å². The zero-order valence-corrected chi connectivity index (χ0v) is 14.6. The van der Waals surface area contributed by atoms with Crippen LogP contribution in [0.1, 0.15) is 27.0 Å². The predicted octanol–water partition coefficient (Wildman–Crippen LogP) is 2.83. The molecule has 0 aromatic heterocycles. The lowest BCUT2D eigenvalue weighted by Gasteiger charge is -2.19. The molecule has 0 aliphatic carbocycles. The van der Waals surface area contributed by atoms with Crippen molar-refractivity contribution in [1.82, 2.24) is 0 Å². The summed E-state index contributed by atoms with van der Waals surface area (Å²) in [4.78, 5) is 11.3. The van der Waals surface area contributed by atoms with E-state index in [2.05, 4.69) is 10.2 Å². The predicted molar refractivity (Wildman–Crippen MR) is 101 cm³/mol. The lowest BCUT2D eigenvalue weighted by Crippen LogP contribution is -2.14. The zero-order chi connectivity index (χ0) is 18.4. The van der Waals surface area contributed by atoms with E-state index in [0.29, 0.717) is 27.8 Å². The topological polar surface area (TPSA) is 107 Å². The van der Waals surface area contributed by atoms with Gasteiger partial charge < -0.3 is 20.3 Å². The van der Waals surface area contributed by atoms with Crippen molar-refractivity contribution in [2.45, 2.75) is 12.4 Å². The second-order valence-corrected chi connectivity index (χ2v) is 6.42. The van der Waals surface area contributed by atoms with Crippen LogP contribution in [0.2, 0.25) is 0 Å². The average molecular weight is 371 g/mol. The number of hydrogen-bond donors (Lipinski definition) is 2. The average Bonchev–Trinajstić information content (AvgIpc) is 2.67. The van der Waals surface area contributed by atoms with Crippen LogP contribution in [-0.4, -0.2) is 29.3 Å². The molecule has 2 aromatic carbocycles. The van der Waals surface area contributed by atoms with Gasteiger partial charge in [0.1, 0.15) is 5.75 Å². The number of carboxylic acid groups (broad SMARTS) is 1. The Hall–Kier alpha value is -2.84. The summed E-state index contributed by atoms with van der Waals surface area (Å²) in [6, 6.07) is 12.9. The molecule has 0 bridgehead atoms. The van der Waals surface area contributed by atoms with Crippen molar-refractivity contribution >= 4 is 29.1 Å². The van der Waals surface area contributed by atoms with Crippen molar-refractivity contribution in [2.75, 3.05) is 6.79 Å². The van der Waals surface area contributed by atoms with E-state index in [1.807, 2.05) is 30.3 Å². The molecule has 3 N–H and O–H groups in total. The van der Waals surface area contributed by atoms with E-state index in [0.717, 1.165) is 5.56 Å². The van der Waals surface area contributed by atoms with Crippen molar-refractivity contribution in [3.63, 3.8) is 0 Å². The molecule has 1 aliphatic rings. The first kappa shape index (κ1) is 18.0. The molecular weight excluding hydrogens is 354 g/mol. The van der Waals surface area contributed by atoms with Gasteiger partial charge in [0, 0.05) is 16.9 Å². The first-order valence-electron chi connectivity index (χ1n) is 7.77. The van der Waals surface area contributed by atoms with Crippen LogP contribution in [0.25, 0.3) is 0 Å². The van der Waals surface area contributed by atoms with E-state index < -0.39 is 5.97 Å². The van der Waals surface area contributed by atoms with Gasteiger partial charge in [0.05, 0.1) is 18.4 Å². The van der Waals surface area contributed by atoms with Crippen LogP contribution in [0, 0.1) is 0 Å². The Bertz CT molecular complexity index is 853. The molecule has 0 saturated carbocycles. The highest BCUT2D eigenvalue weighted by atomic mass is 32.2. The van der Waals surface area contributed by atoms with Crippen LogP contribution in [0.3, 0.4) is 0 Å². The molecule has 0 fully saturated rings. The van der Waals surface area contributed by atoms with Crippen LogP contribution in [0.4, 0.5) is 0 Å².